The van der Waals surface area contributed by atoms with Crippen molar-refractivity contribution < 1.29 is 8.42 Å². The number of hydrogen-bond donors (Lipinski definition) is 2. The third-order valence-electron chi connectivity index (χ3n) is 3.97. The predicted octanol–water partition coefficient (Wildman–Crippen LogP) is 1.96. The molecule has 23 heavy (non-hydrogen) atoms. The highest BCUT2D eigenvalue weighted by Gasteiger charge is 2.32. The summed E-state index contributed by atoms with van der Waals surface area (Å²) in [7, 11) is -3.42. The van der Waals surface area contributed by atoms with Crippen molar-refractivity contribution in [1.82, 2.24) is 19.6 Å². The number of sulfonamides is 1. The van der Waals surface area contributed by atoms with Gasteiger partial charge in [0, 0.05) is 19.6 Å². The van der Waals surface area contributed by atoms with Gasteiger partial charge in [-0.15, -0.1) is 11.3 Å². The van der Waals surface area contributed by atoms with Gasteiger partial charge in [0.05, 0.1) is 17.1 Å². The number of imidazole rings is 1. The molecule has 0 saturated carbocycles. The van der Waals surface area contributed by atoms with Crippen LogP contribution in [0.15, 0.2) is 46.0 Å². The van der Waals surface area contributed by atoms with E-state index in [1.165, 1.54) is 15.6 Å². The van der Waals surface area contributed by atoms with E-state index in [0.717, 1.165) is 16.9 Å². The summed E-state index contributed by atoms with van der Waals surface area (Å²) in [5.74, 6) is 0.775. The van der Waals surface area contributed by atoms with Gasteiger partial charge in [-0.05, 0) is 23.6 Å². The van der Waals surface area contributed by atoms with E-state index in [0.29, 0.717) is 23.8 Å². The summed E-state index contributed by atoms with van der Waals surface area (Å²) in [5.41, 5.74) is 1.85. The third kappa shape index (κ3) is 2.67. The first-order chi connectivity index (χ1) is 11.1. The van der Waals surface area contributed by atoms with Crippen molar-refractivity contribution in [3.8, 4) is 0 Å². The van der Waals surface area contributed by atoms with Gasteiger partial charge in [-0.3, -0.25) is 0 Å². The molecule has 2 N–H and O–H groups in total. The molecule has 0 bridgehead atoms. The SMILES string of the molecule is O=S(=O)(c1cccs1)N1CCNC(c2nc3ccccc3[nH]2)C1. The number of nitrogens with one attached hydrogen (secondary N) is 2. The minimum absolute atomic E-state index is 0.133. The van der Waals surface area contributed by atoms with Crippen LogP contribution in [-0.4, -0.2) is 42.3 Å². The number of rotatable bonds is 3. The van der Waals surface area contributed by atoms with Crippen LogP contribution < -0.4 is 5.32 Å². The van der Waals surface area contributed by atoms with E-state index in [1.54, 1.807) is 17.5 Å². The Hall–Kier alpha value is -1.74. The fraction of sp³-hybridized carbons (Fsp3) is 0.267. The molecule has 3 aromatic rings. The number of thiophene rings is 1. The monoisotopic (exact) mass is 348 g/mol. The van der Waals surface area contributed by atoms with Crippen LogP contribution in [0.3, 0.4) is 0 Å². The number of aromatic amines is 1. The third-order valence-corrected chi connectivity index (χ3v) is 7.20. The summed E-state index contributed by atoms with van der Waals surface area (Å²) in [6, 6.07) is 11.1. The lowest BCUT2D eigenvalue weighted by molar-refractivity contribution is 0.296. The molecule has 0 aliphatic carbocycles. The summed E-state index contributed by atoms with van der Waals surface area (Å²) in [4.78, 5) is 7.86. The summed E-state index contributed by atoms with van der Waals surface area (Å²) in [6.45, 7) is 1.45. The first-order valence-corrected chi connectivity index (χ1v) is 9.68. The normalized spacial score (nSPS) is 20.1. The summed E-state index contributed by atoms with van der Waals surface area (Å²) in [6.07, 6.45) is 0. The minimum atomic E-state index is -3.42. The highest BCUT2D eigenvalue weighted by Crippen LogP contribution is 2.25. The van der Waals surface area contributed by atoms with Crippen LogP contribution in [0.1, 0.15) is 11.9 Å². The van der Waals surface area contributed by atoms with Gasteiger partial charge < -0.3 is 10.3 Å². The van der Waals surface area contributed by atoms with E-state index >= 15 is 0 Å². The van der Waals surface area contributed by atoms with Crippen LogP contribution in [0.25, 0.3) is 11.0 Å². The molecule has 6 nitrogen and oxygen atoms in total. The molecular formula is C15H16N4O2S2. The molecule has 1 unspecified atom stereocenters. The quantitative estimate of drug-likeness (QED) is 0.758. The van der Waals surface area contributed by atoms with Gasteiger partial charge in [0.1, 0.15) is 10.0 Å². The van der Waals surface area contributed by atoms with Crippen molar-refractivity contribution in [1.29, 1.82) is 0 Å². The number of aromatic nitrogens is 2. The maximum absolute atomic E-state index is 12.7. The summed E-state index contributed by atoms with van der Waals surface area (Å²) < 4.78 is 27.3. The second-order valence-electron chi connectivity index (χ2n) is 5.44. The molecule has 0 amide bonds. The first kappa shape index (κ1) is 14.8. The molecule has 3 heterocycles. The molecule has 120 valence electrons. The Morgan fingerprint density at radius 3 is 2.87 bits per heavy atom. The zero-order valence-corrected chi connectivity index (χ0v) is 13.9. The molecule has 8 heteroatoms. The second-order valence-corrected chi connectivity index (χ2v) is 8.55. The molecular weight excluding hydrogens is 332 g/mol. The van der Waals surface area contributed by atoms with Gasteiger partial charge in [0.15, 0.2) is 0 Å². The highest BCUT2D eigenvalue weighted by molar-refractivity contribution is 7.91. The van der Waals surface area contributed by atoms with Gasteiger partial charge in [0.2, 0.25) is 0 Å². The van der Waals surface area contributed by atoms with E-state index < -0.39 is 10.0 Å². The topological polar surface area (TPSA) is 78.1 Å². The van der Waals surface area contributed by atoms with Crippen LogP contribution in [0.5, 0.6) is 0 Å². The minimum Gasteiger partial charge on any atom is -0.341 e. The van der Waals surface area contributed by atoms with Crippen molar-refractivity contribution in [3.63, 3.8) is 0 Å². The van der Waals surface area contributed by atoms with Gasteiger partial charge >= 0.3 is 0 Å². The van der Waals surface area contributed by atoms with Crippen LogP contribution in [0.4, 0.5) is 0 Å². The van der Waals surface area contributed by atoms with Crippen LogP contribution in [0.2, 0.25) is 0 Å². The Morgan fingerprint density at radius 1 is 1.22 bits per heavy atom. The van der Waals surface area contributed by atoms with Gasteiger partial charge in [0.25, 0.3) is 10.0 Å². The van der Waals surface area contributed by atoms with Crippen LogP contribution in [0, 0.1) is 0 Å². The lowest BCUT2D eigenvalue weighted by Crippen LogP contribution is -2.48. The highest BCUT2D eigenvalue weighted by atomic mass is 32.2. The lowest BCUT2D eigenvalue weighted by atomic mass is 10.2. The Bertz CT molecular complexity index is 885. The number of hydrogen-bond acceptors (Lipinski definition) is 5. The van der Waals surface area contributed by atoms with Crippen molar-refractivity contribution in [2.24, 2.45) is 0 Å². The number of para-hydroxylation sites is 2. The van der Waals surface area contributed by atoms with E-state index in [9.17, 15) is 8.42 Å². The Labute approximate surface area is 138 Å². The van der Waals surface area contributed by atoms with Crippen LogP contribution in [-0.2, 0) is 10.0 Å². The standard InChI is InChI=1S/C15H16N4O2S2/c20-23(21,14-6-3-9-22-14)19-8-7-16-13(10-19)15-17-11-4-1-2-5-12(11)18-15/h1-6,9,13,16H,7-8,10H2,(H,17,18). The van der Waals surface area contributed by atoms with Crippen molar-refractivity contribution in [2.45, 2.75) is 10.3 Å². The van der Waals surface area contributed by atoms with E-state index in [4.69, 9.17) is 0 Å². The fourth-order valence-corrected chi connectivity index (χ4v) is 5.40. The van der Waals surface area contributed by atoms with E-state index in [-0.39, 0.29) is 6.04 Å². The Kier molecular flexibility index (Phi) is 3.68. The molecule has 1 atom stereocenters. The summed E-state index contributed by atoms with van der Waals surface area (Å²) in [5, 5.41) is 5.13. The maximum Gasteiger partial charge on any atom is 0.252 e. The fourth-order valence-electron chi connectivity index (χ4n) is 2.80. The molecule has 1 aliphatic heterocycles. The van der Waals surface area contributed by atoms with E-state index in [2.05, 4.69) is 15.3 Å². The van der Waals surface area contributed by atoms with Crippen LogP contribution >= 0.6 is 11.3 Å². The molecule has 1 aromatic carbocycles. The zero-order chi connectivity index (χ0) is 15.9. The lowest BCUT2D eigenvalue weighted by Gasteiger charge is -2.31. The van der Waals surface area contributed by atoms with Crippen molar-refractivity contribution >= 4 is 32.4 Å². The molecule has 2 aromatic heterocycles. The molecule has 0 spiro atoms. The van der Waals surface area contributed by atoms with Crippen molar-refractivity contribution in [3.05, 3.63) is 47.6 Å². The predicted molar refractivity (Wildman–Crippen MR) is 89.9 cm³/mol. The maximum atomic E-state index is 12.7. The molecule has 1 aliphatic rings. The largest absolute Gasteiger partial charge is 0.341 e. The first-order valence-electron chi connectivity index (χ1n) is 7.36. The van der Waals surface area contributed by atoms with Crippen molar-refractivity contribution in [2.75, 3.05) is 19.6 Å². The second kappa shape index (κ2) is 5.72. The molecule has 0 radical (unpaired) electrons. The summed E-state index contributed by atoms with van der Waals surface area (Å²) >= 11 is 1.25. The average Bonchev–Trinajstić information content (AvgIpc) is 3.24. The number of piperazine rings is 1. The number of fused-ring (bicyclic) bond motifs is 1. The zero-order valence-electron chi connectivity index (χ0n) is 12.3. The Morgan fingerprint density at radius 2 is 2.09 bits per heavy atom. The smallest absolute Gasteiger partial charge is 0.252 e. The van der Waals surface area contributed by atoms with Gasteiger partial charge in [-0.2, -0.15) is 4.31 Å². The average molecular weight is 348 g/mol. The Balaban J connectivity index is 1.62. The number of H-pyrrole nitrogens is 1. The molecule has 1 fully saturated rings. The molecule has 4 rings (SSSR count). The van der Waals surface area contributed by atoms with E-state index in [1.807, 2.05) is 24.3 Å². The number of nitrogens with zero attached hydrogens (tertiary/aromatic N) is 2. The molecule has 1 saturated heterocycles. The van der Waals surface area contributed by atoms with Gasteiger partial charge in [-0.25, -0.2) is 13.4 Å². The number of benzene rings is 1. The van der Waals surface area contributed by atoms with Gasteiger partial charge in [-0.1, -0.05) is 18.2 Å².